The van der Waals surface area contributed by atoms with E-state index < -0.39 is 18.6 Å². The Morgan fingerprint density at radius 1 is 1.33 bits per heavy atom. The highest BCUT2D eigenvalue weighted by atomic mass is 19.4. The fourth-order valence-electron chi connectivity index (χ4n) is 2.72. The largest absolute Gasteiger partial charge is 0.431 e. The molecule has 2 heterocycles. The van der Waals surface area contributed by atoms with Gasteiger partial charge in [0.05, 0.1) is 12.5 Å². The third kappa shape index (κ3) is 4.14. The standard InChI is InChI=1S/C16H16F3N3O2/c17-16(18,19)10-22-7-6-12(8-22)14(23)21-15-20-13(9-24-15)11-4-2-1-3-5-11/h1-5,9,12H,6-8,10H2,(H,20,21,23). The molecule has 1 aliphatic heterocycles. The van der Waals surface area contributed by atoms with Gasteiger partial charge in [-0.05, 0) is 13.0 Å². The van der Waals surface area contributed by atoms with Crippen LogP contribution >= 0.6 is 0 Å². The van der Waals surface area contributed by atoms with E-state index in [0.717, 1.165) is 5.56 Å². The van der Waals surface area contributed by atoms with E-state index in [2.05, 4.69) is 10.3 Å². The number of amides is 1. The van der Waals surface area contributed by atoms with Gasteiger partial charge >= 0.3 is 12.2 Å². The van der Waals surface area contributed by atoms with Crippen molar-refractivity contribution >= 4 is 11.9 Å². The SMILES string of the molecule is O=C(Nc1nc(-c2ccccc2)co1)C1CCN(CC(F)(F)F)C1. The minimum Gasteiger partial charge on any atom is -0.431 e. The number of hydrogen-bond acceptors (Lipinski definition) is 4. The lowest BCUT2D eigenvalue weighted by molar-refractivity contribution is -0.144. The third-order valence-electron chi connectivity index (χ3n) is 3.85. The lowest BCUT2D eigenvalue weighted by Gasteiger charge is -2.17. The van der Waals surface area contributed by atoms with Crippen LogP contribution in [0, 0.1) is 5.92 Å². The number of hydrogen-bond donors (Lipinski definition) is 1. The van der Waals surface area contributed by atoms with Crippen molar-refractivity contribution in [2.24, 2.45) is 5.92 Å². The van der Waals surface area contributed by atoms with E-state index in [1.165, 1.54) is 11.2 Å². The van der Waals surface area contributed by atoms with Crippen LogP contribution in [0.25, 0.3) is 11.3 Å². The number of halogens is 3. The van der Waals surface area contributed by atoms with Crippen molar-refractivity contribution < 1.29 is 22.4 Å². The van der Waals surface area contributed by atoms with Gasteiger partial charge in [-0.25, -0.2) is 0 Å². The Morgan fingerprint density at radius 3 is 2.79 bits per heavy atom. The quantitative estimate of drug-likeness (QED) is 0.930. The van der Waals surface area contributed by atoms with E-state index in [0.29, 0.717) is 12.1 Å². The first-order valence-corrected chi connectivity index (χ1v) is 7.51. The van der Waals surface area contributed by atoms with E-state index in [9.17, 15) is 18.0 Å². The van der Waals surface area contributed by atoms with Gasteiger partial charge in [0.1, 0.15) is 12.0 Å². The number of benzene rings is 1. The van der Waals surface area contributed by atoms with Gasteiger partial charge in [-0.15, -0.1) is 0 Å². The summed E-state index contributed by atoms with van der Waals surface area (Å²) >= 11 is 0. The van der Waals surface area contributed by atoms with Crippen molar-refractivity contribution in [3.8, 4) is 11.3 Å². The van der Waals surface area contributed by atoms with Crippen LogP contribution in [0.5, 0.6) is 0 Å². The number of rotatable bonds is 4. The molecule has 0 radical (unpaired) electrons. The van der Waals surface area contributed by atoms with E-state index in [1.54, 1.807) is 0 Å². The average Bonchev–Trinajstić information content (AvgIpc) is 3.16. The highest BCUT2D eigenvalue weighted by Crippen LogP contribution is 2.24. The maximum atomic E-state index is 12.4. The Labute approximate surface area is 136 Å². The van der Waals surface area contributed by atoms with Crippen molar-refractivity contribution in [3.63, 3.8) is 0 Å². The molecule has 1 aromatic heterocycles. The third-order valence-corrected chi connectivity index (χ3v) is 3.85. The Morgan fingerprint density at radius 2 is 2.08 bits per heavy atom. The van der Waals surface area contributed by atoms with E-state index in [-0.39, 0.29) is 25.0 Å². The fraction of sp³-hybridized carbons (Fsp3) is 0.375. The molecule has 1 aromatic carbocycles. The van der Waals surface area contributed by atoms with Gasteiger partial charge < -0.3 is 4.42 Å². The molecule has 1 aliphatic rings. The summed E-state index contributed by atoms with van der Waals surface area (Å²) in [7, 11) is 0. The molecule has 2 aromatic rings. The number of carbonyl (C=O) groups is 1. The van der Waals surface area contributed by atoms with Crippen LogP contribution in [0.4, 0.5) is 19.2 Å². The zero-order valence-electron chi connectivity index (χ0n) is 12.7. The minimum atomic E-state index is -4.25. The molecule has 3 rings (SSSR count). The lowest BCUT2D eigenvalue weighted by Crippen LogP contribution is -2.34. The number of alkyl halides is 3. The molecule has 0 bridgehead atoms. The summed E-state index contributed by atoms with van der Waals surface area (Å²) in [5.41, 5.74) is 1.43. The summed E-state index contributed by atoms with van der Waals surface area (Å²) < 4.78 is 42.4. The predicted molar refractivity (Wildman–Crippen MR) is 81.2 cm³/mol. The molecule has 1 fully saturated rings. The number of likely N-dealkylation sites (tertiary alicyclic amines) is 1. The van der Waals surface area contributed by atoms with Crippen molar-refractivity contribution in [2.75, 3.05) is 25.0 Å². The molecule has 128 valence electrons. The van der Waals surface area contributed by atoms with Gasteiger partial charge in [-0.3, -0.25) is 15.0 Å². The average molecular weight is 339 g/mol. The molecular weight excluding hydrogens is 323 g/mol. The smallest absolute Gasteiger partial charge is 0.401 e. The highest BCUT2D eigenvalue weighted by molar-refractivity contribution is 5.91. The minimum absolute atomic E-state index is 0.0492. The van der Waals surface area contributed by atoms with Crippen molar-refractivity contribution in [3.05, 3.63) is 36.6 Å². The molecule has 8 heteroatoms. The summed E-state index contributed by atoms with van der Waals surface area (Å²) in [6.45, 7) is -0.663. The summed E-state index contributed by atoms with van der Waals surface area (Å²) in [5.74, 6) is -0.874. The number of aromatic nitrogens is 1. The van der Waals surface area contributed by atoms with Crippen LogP contribution in [0.3, 0.4) is 0 Å². The summed E-state index contributed by atoms with van der Waals surface area (Å²) in [6, 6.07) is 9.35. The Hall–Kier alpha value is -2.35. The second kappa shape index (κ2) is 6.64. The van der Waals surface area contributed by atoms with E-state index in [4.69, 9.17) is 4.42 Å². The molecule has 0 saturated carbocycles. The molecule has 1 amide bonds. The van der Waals surface area contributed by atoms with Gasteiger partial charge in [0, 0.05) is 12.1 Å². The topological polar surface area (TPSA) is 58.4 Å². The number of oxazole rings is 1. The number of nitrogens with zero attached hydrogens (tertiary/aromatic N) is 2. The number of carbonyl (C=O) groups excluding carboxylic acids is 1. The Bertz CT molecular complexity index is 700. The van der Waals surface area contributed by atoms with Crippen LogP contribution < -0.4 is 5.32 Å². The molecule has 0 spiro atoms. The van der Waals surface area contributed by atoms with Gasteiger partial charge in [-0.1, -0.05) is 30.3 Å². The molecule has 0 aliphatic carbocycles. The number of anilines is 1. The molecular formula is C16H16F3N3O2. The van der Waals surface area contributed by atoms with Crippen LogP contribution in [-0.2, 0) is 4.79 Å². The first-order chi connectivity index (χ1) is 11.4. The highest BCUT2D eigenvalue weighted by Gasteiger charge is 2.36. The Balaban J connectivity index is 1.57. The van der Waals surface area contributed by atoms with Crippen LogP contribution in [0.15, 0.2) is 41.0 Å². The molecule has 24 heavy (non-hydrogen) atoms. The summed E-state index contributed by atoms with van der Waals surface area (Å²) in [4.78, 5) is 17.6. The fourth-order valence-corrected chi connectivity index (χ4v) is 2.72. The van der Waals surface area contributed by atoms with Crippen molar-refractivity contribution in [1.29, 1.82) is 0 Å². The maximum absolute atomic E-state index is 12.4. The zero-order chi connectivity index (χ0) is 17.2. The molecule has 1 saturated heterocycles. The molecule has 5 nitrogen and oxygen atoms in total. The van der Waals surface area contributed by atoms with E-state index in [1.807, 2.05) is 30.3 Å². The van der Waals surface area contributed by atoms with Crippen LogP contribution in [0.2, 0.25) is 0 Å². The van der Waals surface area contributed by atoms with Gasteiger partial charge in [0.15, 0.2) is 0 Å². The van der Waals surface area contributed by atoms with Gasteiger partial charge in [0.2, 0.25) is 5.91 Å². The van der Waals surface area contributed by atoms with Crippen LogP contribution in [-0.4, -0.2) is 41.6 Å². The van der Waals surface area contributed by atoms with Crippen molar-refractivity contribution in [2.45, 2.75) is 12.6 Å². The predicted octanol–water partition coefficient (Wildman–Crippen LogP) is 3.16. The summed E-state index contributed by atoms with van der Waals surface area (Å²) in [5, 5.41) is 2.53. The second-order valence-electron chi connectivity index (χ2n) is 5.73. The second-order valence-corrected chi connectivity index (χ2v) is 5.73. The monoisotopic (exact) mass is 339 g/mol. The zero-order valence-corrected chi connectivity index (χ0v) is 12.7. The van der Waals surface area contributed by atoms with Crippen LogP contribution in [0.1, 0.15) is 6.42 Å². The Kier molecular flexibility index (Phi) is 4.57. The maximum Gasteiger partial charge on any atom is 0.401 e. The van der Waals surface area contributed by atoms with E-state index >= 15 is 0 Å². The normalized spacial score (nSPS) is 18.7. The molecule has 1 atom stereocenters. The molecule has 1 N–H and O–H groups in total. The number of nitrogens with one attached hydrogen (secondary N) is 1. The lowest BCUT2D eigenvalue weighted by atomic mass is 10.1. The van der Waals surface area contributed by atoms with Gasteiger partial charge in [0.25, 0.3) is 0 Å². The first-order valence-electron chi connectivity index (χ1n) is 7.51. The molecule has 1 unspecified atom stereocenters. The summed E-state index contributed by atoms with van der Waals surface area (Å²) in [6.07, 6.45) is -2.44. The van der Waals surface area contributed by atoms with Crippen molar-refractivity contribution in [1.82, 2.24) is 9.88 Å². The first kappa shape index (κ1) is 16.5. The van der Waals surface area contributed by atoms with Gasteiger partial charge in [-0.2, -0.15) is 18.2 Å².